The Kier molecular flexibility index (Phi) is 8.67. The predicted octanol–water partition coefficient (Wildman–Crippen LogP) is 5.36. The summed E-state index contributed by atoms with van der Waals surface area (Å²) in [6.07, 6.45) is 0.561. The van der Waals surface area contributed by atoms with Crippen LogP contribution in [0.4, 0.5) is 0 Å². The number of hydrogen-bond acceptors (Lipinski definition) is 2. The van der Waals surface area contributed by atoms with Gasteiger partial charge >= 0.3 is 0 Å². The normalized spacial score (nSPS) is 11.8. The van der Waals surface area contributed by atoms with Gasteiger partial charge < -0.3 is 10.2 Å². The van der Waals surface area contributed by atoms with Crippen molar-refractivity contribution in [2.75, 3.05) is 0 Å². The lowest BCUT2D eigenvalue weighted by Crippen LogP contribution is -2.52. The van der Waals surface area contributed by atoms with Crippen molar-refractivity contribution in [3.05, 3.63) is 106 Å². The highest BCUT2D eigenvalue weighted by atomic mass is 35.5. The Labute approximate surface area is 201 Å². The molecular formula is C28H31ClN2O2. The average Bonchev–Trinajstić information content (AvgIpc) is 2.79. The zero-order chi connectivity index (χ0) is 23.8. The first-order chi connectivity index (χ1) is 15.8. The highest BCUT2D eigenvalue weighted by molar-refractivity contribution is 6.31. The zero-order valence-corrected chi connectivity index (χ0v) is 20.2. The van der Waals surface area contributed by atoms with Gasteiger partial charge in [-0.05, 0) is 43.5 Å². The van der Waals surface area contributed by atoms with Gasteiger partial charge in [-0.15, -0.1) is 0 Å². The second-order valence-electron chi connectivity index (χ2n) is 8.64. The zero-order valence-electron chi connectivity index (χ0n) is 19.4. The van der Waals surface area contributed by atoms with E-state index < -0.39 is 6.04 Å². The fourth-order valence-corrected chi connectivity index (χ4v) is 3.93. The highest BCUT2D eigenvalue weighted by Gasteiger charge is 2.31. The molecule has 1 N–H and O–H groups in total. The van der Waals surface area contributed by atoms with Gasteiger partial charge in [-0.3, -0.25) is 9.59 Å². The van der Waals surface area contributed by atoms with Crippen molar-refractivity contribution in [2.24, 2.45) is 0 Å². The number of carbonyl (C=O) groups is 2. The Bertz CT molecular complexity index is 1060. The van der Waals surface area contributed by atoms with E-state index in [0.29, 0.717) is 18.0 Å². The lowest BCUT2D eigenvalue weighted by molar-refractivity contribution is -0.141. The molecule has 0 aliphatic heterocycles. The Hall–Kier alpha value is -3.11. The lowest BCUT2D eigenvalue weighted by atomic mass is 10.0. The molecule has 0 aliphatic carbocycles. The van der Waals surface area contributed by atoms with Gasteiger partial charge in [0.25, 0.3) is 0 Å². The summed E-state index contributed by atoms with van der Waals surface area (Å²) in [7, 11) is 0. The van der Waals surface area contributed by atoms with Crippen LogP contribution < -0.4 is 5.32 Å². The van der Waals surface area contributed by atoms with E-state index in [9.17, 15) is 9.59 Å². The van der Waals surface area contributed by atoms with Crippen molar-refractivity contribution in [3.8, 4) is 0 Å². The smallest absolute Gasteiger partial charge is 0.243 e. The van der Waals surface area contributed by atoms with Crippen molar-refractivity contribution in [1.29, 1.82) is 0 Å². The number of benzene rings is 3. The van der Waals surface area contributed by atoms with Gasteiger partial charge in [0.15, 0.2) is 0 Å². The summed E-state index contributed by atoms with van der Waals surface area (Å²) in [4.78, 5) is 28.7. The maximum atomic E-state index is 13.6. The van der Waals surface area contributed by atoms with Crippen molar-refractivity contribution in [3.63, 3.8) is 0 Å². The molecule has 0 radical (unpaired) electrons. The molecule has 0 fully saturated rings. The van der Waals surface area contributed by atoms with Crippen LogP contribution in [-0.4, -0.2) is 28.8 Å². The maximum Gasteiger partial charge on any atom is 0.243 e. The van der Waals surface area contributed by atoms with Crippen LogP contribution in [0, 0.1) is 6.92 Å². The first-order valence-electron chi connectivity index (χ1n) is 11.3. The Morgan fingerprint density at radius 3 is 2.15 bits per heavy atom. The summed E-state index contributed by atoms with van der Waals surface area (Å²) in [6.45, 7) is 6.21. The second-order valence-corrected chi connectivity index (χ2v) is 9.05. The predicted molar refractivity (Wildman–Crippen MR) is 134 cm³/mol. The second kappa shape index (κ2) is 11.7. The van der Waals surface area contributed by atoms with Gasteiger partial charge in [-0.25, -0.2) is 0 Å². The number of carbonyl (C=O) groups excluding carboxylic acids is 2. The number of nitrogens with zero attached hydrogens (tertiary/aromatic N) is 1. The molecule has 3 aromatic rings. The number of amides is 2. The van der Waals surface area contributed by atoms with Crippen LogP contribution in [0.15, 0.2) is 78.9 Å². The van der Waals surface area contributed by atoms with Crippen LogP contribution in [0.5, 0.6) is 0 Å². The molecule has 33 heavy (non-hydrogen) atoms. The van der Waals surface area contributed by atoms with E-state index in [2.05, 4.69) is 5.32 Å². The molecule has 0 saturated carbocycles. The molecule has 2 amide bonds. The van der Waals surface area contributed by atoms with Gasteiger partial charge in [-0.2, -0.15) is 0 Å². The van der Waals surface area contributed by atoms with E-state index in [0.717, 1.165) is 22.3 Å². The Balaban J connectivity index is 1.97. The van der Waals surface area contributed by atoms with E-state index in [4.69, 9.17) is 11.6 Å². The monoisotopic (exact) mass is 462 g/mol. The summed E-state index contributed by atoms with van der Waals surface area (Å²) in [5.41, 5.74) is 3.87. The van der Waals surface area contributed by atoms with E-state index in [1.807, 2.05) is 93.6 Å². The first-order valence-corrected chi connectivity index (χ1v) is 11.6. The topological polar surface area (TPSA) is 49.4 Å². The molecule has 0 bridgehead atoms. The Morgan fingerprint density at radius 2 is 1.52 bits per heavy atom. The molecule has 0 unspecified atom stereocenters. The number of rotatable bonds is 9. The summed E-state index contributed by atoms with van der Waals surface area (Å²) in [6, 6.07) is 24.5. The number of aryl methyl sites for hydroxylation is 1. The van der Waals surface area contributed by atoms with Crippen LogP contribution in [0.1, 0.15) is 36.1 Å². The maximum absolute atomic E-state index is 13.6. The van der Waals surface area contributed by atoms with Gasteiger partial charge in [-0.1, -0.05) is 90.0 Å². The van der Waals surface area contributed by atoms with E-state index in [1.165, 1.54) is 0 Å². The third-order valence-corrected chi connectivity index (χ3v) is 5.84. The number of nitrogens with one attached hydrogen (secondary N) is 1. The number of halogens is 1. The van der Waals surface area contributed by atoms with Gasteiger partial charge in [0.05, 0.1) is 6.42 Å². The SMILES string of the molecule is Cc1ccc(CN(C(=O)Cc2ccccc2Cl)[C@@H](Cc2ccccc2)C(=O)NC(C)C)cc1. The summed E-state index contributed by atoms with van der Waals surface area (Å²) >= 11 is 6.34. The molecule has 172 valence electrons. The van der Waals surface area contributed by atoms with Gasteiger partial charge in [0, 0.05) is 24.0 Å². The van der Waals surface area contributed by atoms with Gasteiger partial charge in [0.1, 0.15) is 6.04 Å². The third kappa shape index (κ3) is 7.19. The molecule has 0 heterocycles. The molecule has 3 rings (SSSR count). The Morgan fingerprint density at radius 1 is 0.879 bits per heavy atom. The minimum Gasteiger partial charge on any atom is -0.352 e. The van der Waals surface area contributed by atoms with Crippen molar-refractivity contribution < 1.29 is 9.59 Å². The first kappa shape index (κ1) is 24.5. The molecule has 5 heteroatoms. The van der Waals surface area contributed by atoms with Crippen LogP contribution in [-0.2, 0) is 29.0 Å². The van der Waals surface area contributed by atoms with Crippen molar-refractivity contribution in [1.82, 2.24) is 10.2 Å². The quantitative estimate of drug-likeness (QED) is 0.465. The van der Waals surface area contributed by atoms with E-state index in [1.54, 1.807) is 11.0 Å². The average molecular weight is 463 g/mol. The molecular weight excluding hydrogens is 432 g/mol. The van der Waals surface area contributed by atoms with Gasteiger partial charge in [0.2, 0.25) is 11.8 Å². The van der Waals surface area contributed by atoms with Crippen molar-refractivity contribution in [2.45, 2.75) is 52.2 Å². The number of hydrogen-bond donors (Lipinski definition) is 1. The summed E-state index contributed by atoms with van der Waals surface area (Å²) < 4.78 is 0. The van der Waals surface area contributed by atoms with Crippen molar-refractivity contribution >= 4 is 23.4 Å². The molecule has 0 aromatic heterocycles. The van der Waals surface area contributed by atoms with Crippen LogP contribution in [0.3, 0.4) is 0 Å². The third-order valence-electron chi connectivity index (χ3n) is 5.48. The molecule has 0 aliphatic rings. The molecule has 4 nitrogen and oxygen atoms in total. The van der Waals surface area contributed by atoms with E-state index >= 15 is 0 Å². The van der Waals surface area contributed by atoms with Crippen LogP contribution in [0.25, 0.3) is 0 Å². The molecule has 1 atom stereocenters. The standard InChI is InChI=1S/C28H31ClN2O2/c1-20(2)30-28(33)26(17-22-9-5-4-6-10-22)31(19-23-15-13-21(3)14-16-23)27(32)18-24-11-7-8-12-25(24)29/h4-16,20,26H,17-19H2,1-3H3,(H,30,33)/t26-/m0/s1. The largest absolute Gasteiger partial charge is 0.352 e. The molecule has 3 aromatic carbocycles. The van der Waals surface area contributed by atoms with Crippen LogP contribution >= 0.6 is 11.6 Å². The van der Waals surface area contributed by atoms with E-state index in [-0.39, 0.29) is 24.3 Å². The fraction of sp³-hybridized carbons (Fsp3) is 0.286. The summed E-state index contributed by atoms with van der Waals surface area (Å²) in [5.74, 6) is -0.294. The minimum atomic E-state index is -0.647. The fourth-order valence-electron chi connectivity index (χ4n) is 3.73. The minimum absolute atomic E-state index is 0.0318. The molecule has 0 saturated heterocycles. The highest BCUT2D eigenvalue weighted by Crippen LogP contribution is 2.20. The van der Waals surface area contributed by atoms with Crippen LogP contribution in [0.2, 0.25) is 5.02 Å². The summed E-state index contributed by atoms with van der Waals surface area (Å²) in [5, 5.41) is 3.56. The lowest BCUT2D eigenvalue weighted by Gasteiger charge is -2.32. The molecule has 0 spiro atoms.